The molecule has 1 saturated heterocycles. The molecule has 5 N–H and O–H groups in total. The molecule has 188 valence electrons. The number of amides is 2. The topological polar surface area (TPSA) is 182 Å². The van der Waals surface area contributed by atoms with Crippen molar-refractivity contribution in [1.82, 2.24) is 34.1 Å². The lowest BCUT2D eigenvalue weighted by Crippen LogP contribution is -2.44. The maximum absolute atomic E-state index is 12.9. The van der Waals surface area contributed by atoms with Crippen LogP contribution in [0.5, 0.6) is 0 Å². The van der Waals surface area contributed by atoms with Gasteiger partial charge in [0, 0.05) is 19.3 Å². The summed E-state index contributed by atoms with van der Waals surface area (Å²) < 4.78 is 11.0. The van der Waals surface area contributed by atoms with Gasteiger partial charge in [-0.2, -0.15) is 0 Å². The van der Waals surface area contributed by atoms with Crippen LogP contribution in [0.3, 0.4) is 0 Å². The van der Waals surface area contributed by atoms with E-state index in [0.29, 0.717) is 4.88 Å². The van der Waals surface area contributed by atoms with E-state index in [1.165, 1.54) is 17.9 Å². The molecule has 5 rings (SSSR count). The zero-order valence-electron chi connectivity index (χ0n) is 19.2. The van der Waals surface area contributed by atoms with Gasteiger partial charge < -0.3 is 30.9 Å². The van der Waals surface area contributed by atoms with Crippen LogP contribution >= 0.6 is 11.5 Å². The highest BCUT2D eigenvalue weighted by atomic mass is 32.1. The fourth-order valence-corrected chi connectivity index (χ4v) is 4.72. The first-order valence-electron chi connectivity index (χ1n) is 11.3. The van der Waals surface area contributed by atoms with E-state index in [2.05, 4.69) is 36.5 Å². The SMILES string of the molecule is CNC(=O)[C@H]1O[C@@H](n2cnc3c(N)nc(C#CCN(C(=O)c4ccns4)C4CCC4)nc32)[C@H](O)[C@@H]1O. The third-order valence-corrected chi connectivity index (χ3v) is 7.07. The number of fused-ring (bicyclic) bond motifs is 1. The molecule has 4 heterocycles. The summed E-state index contributed by atoms with van der Waals surface area (Å²) in [6.45, 7) is 0.187. The molecule has 2 amide bonds. The van der Waals surface area contributed by atoms with Gasteiger partial charge in [0.25, 0.3) is 11.8 Å². The number of nitrogen functional groups attached to an aromatic ring is 1. The second-order valence-corrected chi connectivity index (χ2v) is 9.33. The molecule has 14 heteroatoms. The van der Waals surface area contributed by atoms with Crippen LogP contribution in [0.25, 0.3) is 11.2 Å². The number of aliphatic hydroxyl groups excluding tert-OH is 2. The van der Waals surface area contributed by atoms with Crippen molar-refractivity contribution < 1.29 is 24.5 Å². The zero-order chi connectivity index (χ0) is 25.4. The van der Waals surface area contributed by atoms with E-state index in [1.807, 2.05) is 0 Å². The first-order chi connectivity index (χ1) is 17.4. The summed E-state index contributed by atoms with van der Waals surface area (Å²) in [6.07, 6.45) is 0.595. The van der Waals surface area contributed by atoms with Gasteiger partial charge in [-0.15, -0.1) is 0 Å². The Morgan fingerprint density at radius 1 is 1.33 bits per heavy atom. The molecule has 1 aliphatic heterocycles. The number of rotatable bonds is 5. The van der Waals surface area contributed by atoms with E-state index < -0.39 is 30.4 Å². The van der Waals surface area contributed by atoms with Crippen molar-refractivity contribution in [3.8, 4) is 11.8 Å². The minimum absolute atomic E-state index is 0.0653. The second-order valence-electron chi connectivity index (χ2n) is 8.50. The predicted octanol–water partition coefficient (Wildman–Crippen LogP) is -0.723. The highest BCUT2D eigenvalue weighted by Crippen LogP contribution is 2.32. The van der Waals surface area contributed by atoms with Gasteiger partial charge in [0.15, 0.2) is 23.8 Å². The summed E-state index contributed by atoms with van der Waals surface area (Å²) in [7, 11) is 1.40. The number of nitrogens with zero attached hydrogens (tertiary/aromatic N) is 6. The third-order valence-electron chi connectivity index (χ3n) is 6.34. The molecule has 36 heavy (non-hydrogen) atoms. The first kappa shape index (κ1) is 24.1. The lowest BCUT2D eigenvalue weighted by molar-refractivity contribution is -0.137. The minimum atomic E-state index is -1.44. The fraction of sp³-hybridized carbons (Fsp3) is 0.455. The number of imidazole rings is 1. The summed E-state index contributed by atoms with van der Waals surface area (Å²) in [5.74, 6) is 5.31. The fourth-order valence-electron chi connectivity index (χ4n) is 4.17. The molecule has 1 aliphatic carbocycles. The molecular formula is C22H24N8O5S. The summed E-state index contributed by atoms with van der Waals surface area (Å²) in [5, 5.41) is 23.2. The van der Waals surface area contributed by atoms with Gasteiger partial charge >= 0.3 is 0 Å². The number of aliphatic hydroxyl groups is 2. The Kier molecular flexibility index (Phi) is 6.54. The van der Waals surface area contributed by atoms with E-state index in [-0.39, 0.29) is 41.3 Å². The van der Waals surface area contributed by atoms with Crippen LogP contribution < -0.4 is 11.1 Å². The molecule has 4 atom stereocenters. The monoisotopic (exact) mass is 512 g/mol. The van der Waals surface area contributed by atoms with Crippen LogP contribution in [-0.4, -0.2) is 88.8 Å². The summed E-state index contributed by atoms with van der Waals surface area (Å²) in [6, 6.07) is 1.82. The number of carbonyl (C=O) groups excluding carboxylic acids is 2. The van der Waals surface area contributed by atoms with E-state index in [0.717, 1.165) is 30.8 Å². The van der Waals surface area contributed by atoms with Crippen LogP contribution in [0, 0.1) is 11.8 Å². The van der Waals surface area contributed by atoms with Crippen molar-refractivity contribution >= 4 is 40.3 Å². The Hall–Kier alpha value is -3.64. The Bertz CT molecular complexity index is 1350. The third kappa shape index (κ3) is 4.26. The number of nitrogens with two attached hydrogens (primary N) is 1. The Morgan fingerprint density at radius 2 is 2.14 bits per heavy atom. The number of anilines is 1. The van der Waals surface area contributed by atoms with Crippen LogP contribution in [0.4, 0.5) is 5.82 Å². The maximum atomic E-state index is 12.9. The van der Waals surface area contributed by atoms with Crippen molar-refractivity contribution in [2.45, 2.75) is 49.8 Å². The van der Waals surface area contributed by atoms with Gasteiger partial charge in [-0.25, -0.2) is 19.3 Å². The molecule has 0 radical (unpaired) electrons. The highest BCUT2D eigenvalue weighted by molar-refractivity contribution is 7.08. The Labute approximate surface area is 209 Å². The number of ether oxygens (including phenoxy) is 1. The number of carbonyl (C=O) groups is 2. The molecule has 0 bridgehead atoms. The standard InChI is InChI=1S/C22H24N8O5S/c1-24-20(33)17-15(31)16(32)22(35-17)30-10-25-14-18(23)27-13(28-19(14)30)6-3-9-29(11-4-2-5-11)21(34)12-7-8-26-36-12/h7-8,10-11,15-17,22,31-32H,2,4-5,9H2,1H3,(H,24,33)(H2,23,27,28)/t15-,16+,17-,22+/m0/s1. The number of nitrogens with one attached hydrogen (secondary N) is 1. The lowest BCUT2D eigenvalue weighted by atomic mass is 9.91. The van der Waals surface area contributed by atoms with Crippen LogP contribution in [0.1, 0.15) is 41.0 Å². The van der Waals surface area contributed by atoms with Crippen LogP contribution in [-0.2, 0) is 9.53 Å². The smallest absolute Gasteiger partial charge is 0.266 e. The average molecular weight is 513 g/mol. The Morgan fingerprint density at radius 3 is 2.81 bits per heavy atom. The highest BCUT2D eigenvalue weighted by Gasteiger charge is 2.47. The molecule has 0 spiro atoms. The second kappa shape index (κ2) is 9.78. The molecule has 0 aromatic carbocycles. The summed E-state index contributed by atoms with van der Waals surface area (Å²) in [4.78, 5) is 40.0. The zero-order valence-corrected chi connectivity index (χ0v) is 20.1. The van der Waals surface area contributed by atoms with Crippen LogP contribution in [0.15, 0.2) is 18.6 Å². The largest absolute Gasteiger partial charge is 0.387 e. The quantitative estimate of drug-likeness (QED) is 0.318. The molecule has 1 saturated carbocycles. The van der Waals surface area contributed by atoms with Gasteiger partial charge in [-0.1, -0.05) is 5.92 Å². The first-order valence-corrected chi connectivity index (χ1v) is 12.1. The predicted molar refractivity (Wildman–Crippen MR) is 127 cm³/mol. The minimum Gasteiger partial charge on any atom is -0.387 e. The molecule has 13 nitrogen and oxygen atoms in total. The number of hydrogen-bond donors (Lipinski definition) is 4. The Balaban J connectivity index is 1.41. The van der Waals surface area contributed by atoms with Gasteiger partial charge in [0.1, 0.15) is 22.6 Å². The molecule has 3 aromatic heterocycles. The van der Waals surface area contributed by atoms with Gasteiger partial charge in [-0.05, 0) is 42.8 Å². The van der Waals surface area contributed by atoms with Gasteiger partial charge in [0.2, 0.25) is 5.82 Å². The number of aromatic nitrogens is 5. The number of hydrogen-bond acceptors (Lipinski definition) is 11. The van der Waals surface area contributed by atoms with Gasteiger partial charge in [-0.3, -0.25) is 14.2 Å². The molecular weight excluding hydrogens is 488 g/mol. The average Bonchev–Trinajstić information content (AvgIpc) is 3.57. The summed E-state index contributed by atoms with van der Waals surface area (Å²) in [5.41, 5.74) is 6.54. The van der Waals surface area contributed by atoms with E-state index >= 15 is 0 Å². The van der Waals surface area contributed by atoms with Gasteiger partial charge in [0.05, 0.1) is 12.9 Å². The number of likely N-dealkylation sites (N-methyl/N-ethyl adjacent to an activating group) is 1. The molecule has 0 unspecified atom stereocenters. The lowest BCUT2D eigenvalue weighted by Gasteiger charge is -2.36. The van der Waals surface area contributed by atoms with Crippen molar-refractivity contribution in [3.05, 3.63) is 29.3 Å². The maximum Gasteiger partial charge on any atom is 0.266 e. The van der Waals surface area contributed by atoms with E-state index in [1.54, 1.807) is 17.2 Å². The molecule has 2 fully saturated rings. The van der Waals surface area contributed by atoms with Crippen LogP contribution in [0.2, 0.25) is 0 Å². The summed E-state index contributed by atoms with van der Waals surface area (Å²) >= 11 is 1.15. The van der Waals surface area contributed by atoms with Crippen molar-refractivity contribution in [2.75, 3.05) is 19.3 Å². The molecule has 2 aliphatic rings. The normalized spacial score (nSPS) is 23.6. The van der Waals surface area contributed by atoms with E-state index in [9.17, 15) is 19.8 Å². The van der Waals surface area contributed by atoms with E-state index in [4.69, 9.17) is 10.5 Å². The van der Waals surface area contributed by atoms with Crippen molar-refractivity contribution in [3.63, 3.8) is 0 Å². The van der Waals surface area contributed by atoms with Crippen molar-refractivity contribution in [2.24, 2.45) is 0 Å². The molecule has 3 aromatic rings. The van der Waals surface area contributed by atoms with Crippen molar-refractivity contribution in [1.29, 1.82) is 0 Å².